The Morgan fingerprint density at radius 1 is 1.26 bits per heavy atom. The second-order valence-corrected chi connectivity index (χ2v) is 12.4. The third-order valence-corrected chi connectivity index (χ3v) is 5.80. The van der Waals surface area contributed by atoms with Gasteiger partial charge in [-0.05, 0) is 43.4 Å². The Morgan fingerprint density at radius 2 is 2.00 bits per heavy atom. The molecule has 0 aromatic heterocycles. The first-order chi connectivity index (χ1) is 8.88. The van der Waals surface area contributed by atoms with Gasteiger partial charge in [0.05, 0.1) is 0 Å². The molecule has 0 spiro atoms. The SMILES string of the molecule is C[C@H](CC#C[Si](C)(C)C)C1CCC2C(=O)CCCC21. The molecule has 3 unspecified atom stereocenters. The van der Waals surface area contributed by atoms with Crippen LogP contribution in [0.2, 0.25) is 19.6 Å². The van der Waals surface area contributed by atoms with Crippen molar-refractivity contribution < 1.29 is 4.79 Å². The Bertz CT molecular complexity index is 396. The summed E-state index contributed by atoms with van der Waals surface area (Å²) in [4.78, 5) is 12.0. The van der Waals surface area contributed by atoms with Crippen molar-refractivity contribution in [2.45, 2.75) is 65.1 Å². The van der Waals surface area contributed by atoms with E-state index < -0.39 is 8.07 Å². The third-order valence-electron chi connectivity index (χ3n) is 4.87. The zero-order valence-electron chi connectivity index (χ0n) is 13.0. The molecule has 0 heterocycles. The molecule has 106 valence electrons. The Kier molecular flexibility index (Phi) is 4.56. The van der Waals surface area contributed by atoms with Crippen LogP contribution in [0.4, 0.5) is 0 Å². The molecule has 0 aromatic rings. The second-order valence-electron chi connectivity index (χ2n) is 7.60. The summed E-state index contributed by atoms with van der Waals surface area (Å²) in [5, 5.41) is 0. The second kappa shape index (κ2) is 5.83. The fourth-order valence-electron chi connectivity index (χ4n) is 3.95. The fourth-order valence-corrected chi connectivity index (χ4v) is 4.58. The molecule has 0 bridgehead atoms. The fraction of sp³-hybridized carbons (Fsp3) is 0.824. The van der Waals surface area contributed by atoms with Crippen LogP contribution in [0.5, 0.6) is 0 Å². The summed E-state index contributed by atoms with van der Waals surface area (Å²) in [5.41, 5.74) is 3.48. The summed E-state index contributed by atoms with van der Waals surface area (Å²) < 4.78 is 0. The van der Waals surface area contributed by atoms with Crippen molar-refractivity contribution in [1.29, 1.82) is 0 Å². The molecule has 0 N–H and O–H groups in total. The van der Waals surface area contributed by atoms with Crippen LogP contribution in [0.3, 0.4) is 0 Å². The molecule has 0 aliphatic heterocycles. The lowest BCUT2D eigenvalue weighted by Crippen LogP contribution is -2.29. The molecule has 4 atom stereocenters. The first-order valence-electron chi connectivity index (χ1n) is 7.91. The van der Waals surface area contributed by atoms with Gasteiger partial charge < -0.3 is 0 Å². The number of carbonyl (C=O) groups is 1. The van der Waals surface area contributed by atoms with E-state index in [0.717, 1.165) is 31.6 Å². The Balaban J connectivity index is 1.94. The third kappa shape index (κ3) is 3.72. The number of Topliss-reactive ketones (excluding diaryl/α,β-unsaturated/α-hetero) is 1. The lowest BCUT2D eigenvalue weighted by atomic mass is 9.73. The highest BCUT2D eigenvalue weighted by Gasteiger charge is 2.43. The summed E-state index contributed by atoms with van der Waals surface area (Å²) in [5.74, 6) is 6.51. The summed E-state index contributed by atoms with van der Waals surface area (Å²) in [6.07, 6.45) is 6.71. The largest absolute Gasteiger partial charge is 0.299 e. The first kappa shape index (κ1) is 14.8. The number of rotatable bonds is 2. The molecule has 2 saturated carbocycles. The van der Waals surface area contributed by atoms with Crippen molar-refractivity contribution in [3.8, 4) is 11.5 Å². The average Bonchev–Trinajstić information content (AvgIpc) is 2.72. The van der Waals surface area contributed by atoms with E-state index in [9.17, 15) is 4.79 Å². The summed E-state index contributed by atoms with van der Waals surface area (Å²) in [6.45, 7) is 9.26. The maximum absolute atomic E-state index is 12.0. The van der Waals surface area contributed by atoms with E-state index in [2.05, 4.69) is 38.0 Å². The highest BCUT2D eigenvalue weighted by atomic mass is 28.3. The van der Waals surface area contributed by atoms with E-state index in [-0.39, 0.29) is 0 Å². The van der Waals surface area contributed by atoms with Crippen molar-refractivity contribution in [3.05, 3.63) is 0 Å². The van der Waals surface area contributed by atoms with Gasteiger partial charge in [0, 0.05) is 18.8 Å². The smallest absolute Gasteiger partial charge is 0.136 e. The van der Waals surface area contributed by atoms with Crippen LogP contribution < -0.4 is 0 Å². The topological polar surface area (TPSA) is 17.1 Å². The molecular weight excluding hydrogens is 248 g/mol. The Labute approximate surface area is 119 Å². The maximum atomic E-state index is 12.0. The van der Waals surface area contributed by atoms with Gasteiger partial charge in [-0.1, -0.05) is 26.6 Å². The van der Waals surface area contributed by atoms with Crippen molar-refractivity contribution in [3.63, 3.8) is 0 Å². The van der Waals surface area contributed by atoms with Gasteiger partial charge in [0.25, 0.3) is 0 Å². The molecular formula is C17H28OSi. The lowest BCUT2D eigenvalue weighted by Gasteiger charge is -2.31. The predicted octanol–water partition coefficient (Wildman–Crippen LogP) is 4.29. The zero-order chi connectivity index (χ0) is 14.0. The van der Waals surface area contributed by atoms with E-state index in [1.165, 1.54) is 12.8 Å². The monoisotopic (exact) mass is 276 g/mol. The van der Waals surface area contributed by atoms with Gasteiger partial charge in [-0.3, -0.25) is 4.79 Å². The normalized spacial score (nSPS) is 32.4. The summed E-state index contributed by atoms with van der Waals surface area (Å²) >= 11 is 0. The number of hydrogen-bond acceptors (Lipinski definition) is 1. The van der Waals surface area contributed by atoms with Crippen molar-refractivity contribution in [2.75, 3.05) is 0 Å². The van der Waals surface area contributed by atoms with E-state index in [4.69, 9.17) is 0 Å². The lowest BCUT2D eigenvalue weighted by molar-refractivity contribution is -0.126. The van der Waals surface area contributed by atoms with Crippen LogP contribution in [-0.2, 0) is 4.79 Å². The van der Waals surface area contributed by atoms with Crippen molar-refractivity contribution in [2.24, 2.45) is 23.7 Å². The minimum absolute atomic E-state index is 0.408. The van der Waals surface area contributed by atoms with Gasteiger partial charge in [0.15, 0.2) is 0 Å². The molecule has 1 nitrogen and oxygen atoms in total. The van der Waals surface area contributed by atoms with Crippen LogP contribution in [-0.4, -0.2) is 13.9 Å². The number of ketones is 1. The molecule has 0 saturated heterocycles. The van der Waals surface area contributed by atoms with Crippen LogP contribution in [0, 0.1) is 35.1 Å². The minimum Gasteiger partial charge on any atom is -0.299 e. The quantitative estimate of drug-likeness (QED) is 0.543. The van der Waals surface area contributed by atoms with Crippen LogP contribution >= 0.6 is 0 Å². The van der Waals surface area contributed by atoms with Gasteiger partial charge >= 0.3 is 0 Å². The highest BCUT2D eigenvalue weighted by molar-refractivity contribution is 6.83. The number of carbonyl (C=O) groups excluding carboxylic acids is 1. The summed E-state index contributed by atoms with van der Waals surface area (Å²) in [6, 6.07) is 0. The maximum Gasteiger partial charge on any atom is 0.136 e. The van der Waals surface area contributed by atoms with E-state index >= 15 is 0 Å². The van der Waals surface area contributed by atoms with Gasteiger partial charge in [-0.25, -0.2) is 0 Å². The summed E-state index contributed by atoms with van der Waals surface area (Å²) in [7, 11) is -1.22. The molecule has 0 aromatic carbocycles. The predicted molar refractivity (Wildman–Crippen MR) is 83.5 cm³/mol. The Hall–Kier alpha value is -0.553. The van der Waals surface area contributed by atoms with Gasteiger partial charge in [-0.15, -0.1) is 11.5 Å². The molecule has 0 radical (unpaired) electrons. The first-order valence-corrected chi connectivity index (χ1v) is 11.4. The molecule has 2 fully saturated rings. The number of hydrogen-bond donors (Lipinski definition) is 0. The van der Waals surface area contributed by atoms with Crippen LogP contribution in [0.1, 0.15) is 45.4 Å². The molecule has 2 rings (SSSR count). The van der Waals surface area contributed by atoms with Gasteiger partial charge in [0.1, 0.15) is 13.9 Å². The molecule has 19 heavy (non-hydrogen) atoms. The van der Waals surface area contributed by atoms with Gasteiger partial charge in [0.2, 0.25) is 0 Å². The average molecular weight is 276 g/mol. The minimum atomic E-state index is -1.22. The van der Waals surface area contributed by atoms with Crippen LogP contribution in [0.15, 0.2) is 0 Å². The molecule has 2 aliphatic carbocycles. The molecule has 2 heteroatoms. The highest BCUT2D eigenvalue weighted by Crippen LogP contribution is 2.47. The van der Waals surface area contributed by atoms with Crippen molar-refractivity contribution >= 4 is 13.9 Å². The Morgan fingerprint density at radius 3 is 2.68 bits per heavy atom. The van der Waals surface area contributed by atoms with Gasteiger partial charge in [-0.2, -0.15) is 0 Å². The van der Waals surface area contributed by atoms with E-state index in [0.29, 0.717) is 23.5 Å². The van der Waals surface area contributed by atoms with Crippen LogP contribution in [0.25, 0.3) is 0 Å². The molecule has 2 aliphatic rings. The van der Waals surface area contributed by atoms with E-state index in [1.54, 1.807) is 0 Å². The van der Waals surface area contributed by atoms with Crippen molar-refractivity contribution in [1.82, 2.24) is 0 Å². The van der Waals surface area contributed by atoms with E-state index in [1.807, 2.05) is 0 Å². The zero-order valence-corrected chi connectivity index (χ0v) is 14.0. The number of fused-ring (bicyclic) bond motifs is 1. The molecule has 0 amide bonds. The standard InChI is InChI=1S/C17H28OSi/c1-13(7-6-12-19(2,3)4)14-10-11-16-15(14)8-5-9-17(16)18/h13-16H,5,7-11H2,1-4H3/t13-,14?,15?,16?/m1/s1.